The number of nitrogens with zero attached hydrogens (tertiary/aromatic N) is 4. The molecule has 1 unspecified atom stereocenters. The highest BCUT2D eigenvalue weighted by Crippen LogP contribution is 2.40. The van der Waals surface area contributed by atoms with E-state index in [1.165, 1.54) is 4.68 Å². The maximum Gasteiger partial charge on any atom is 0.267 e. The van der Waals surface area contributed by atoms with Crippen molar-refractivity contribution in [3.05, 3.63) is 53.1 Å². The SMILES string of the molecule is Cc1nn(COCC[Si](C)(C)C)c(C)c1-c1ccc(NC(=O)[C@H](c2cnn(CC[S+](C)[O-])c2C(N)=O)C2CCC(C)CC2)cc1. The number of benzene rings is 1. The number of ether oxygens (including phenoxy) is 1. The summed E-state index contributed by atoms with van der Waals surface area (Å²) in [4.78, 5) is 26.7. The van der Waals surface area contributed by atoms with Gasteiger partial charge in [0.15, 0.2) is 0 Å². The van der Waals surface area contributed by atoms with Crippen molar-refractivity contribution in [3.63, 3.8) is 0 Å². The summed E-state index contributed by atoms with van der Waals surface area (Å²) in [6, 6.07) is 8.92. The van der Waals surface area contributed by atoms with Gasteiger partial charge in [0.2, 0.25) is 5.91 Å². The molecule has 1 aromatic carbocycles. The summed E-state index contributed by atoms with van der Waals surface area (Å²) in [5, 5.41) is 12.3. The van der Waals surface area contributed by atoms with Crippen LogP contribution in [-0.2, 0) is 34.0 Å². The van der Waals surface area contributed by atoms with Crippen molar-refractivity contribution < 1.29 is 18.9 Å². The second-order valence-corrected chi connectivity index (χ2v) is 20.9. The van der Waals surface area contributed by atoms with Gasteiger partial charge in [-0.15, -0.1) is 0 Å². The number of primary amides is 1. The normalized spacial score (nSPS) is 18.5. The molecule has 0 saturated heterocycles. The van der Waals surface area contributed by atoms with Crippen molar-refractivity contribution in [2.75, 3.05) is 23.9 Å². The molecule has 2 atom stereocenters. The number of hydrogen-bond donors (Lipinski definition) is 2. The molecule has 3 N–H and O–H groups in total. The van der Waals surface area contributed by atoms with Crippen LogP contribution in [0.3, 0.4) is 0 Å². The van der Waals surface area contributed by atoms with Gasteiger partial charge in [0, 0.05) is 37.2 Å². The fraction of sp³-hybridized carbons (Fsp3) is 0.576. The van der Waals surface area contributed by atoms with E-state index in [9.17, 15) is 14.1 Å². The Kier molecular flexibility index (Phi) is 11.7. The molecule has 12 heteroatoms. The first-order valence-corrected chi connectivity index (χ1v) is 21.4. The highest BCUT2D eigenvalue weighted by atomic mass is 32.2. The minimum atomic E-state index is -1.16. The second-order valence-electron chi connectivity index (χ2n) is 13.8. The van der Waals surface area contributed by atoms with Crippen LogP contribution < -0.4 is 11.1 Å². The van der Waals surface area contributed by atoms with Gasteiger partial charge in [-0.3, -0.25) is 14.3 Å². The zero-order chi connectivity index (χ0) is 32.9. The van der Waals surface area contributed by atoms with Crippen LogP contribution in [0.5, 0.6) is 0 Å². The van der Waals surface area contributed by atoms with Crippen molar-refractivity contribution in [3.8, 4) is 11.1 Å². The molecule has 0 spiro atoms. The average molecular weight is 655 g/mol. The van der Waals surface area contributed by atoms with E-state index in [-0.39, 0.29) is 17.5 Å². The Labute approximate surface area is 271 Å². The van der Waals surface area contributed by atoms with Gasteiger partial charge in [0.1, 0.15) is 18.2 Å². The monoisotopic (exact) mass is 654 g/mol. The largest absolute Gasteiger partial charge is 0.617 e. The summed E-state index contributed by atoms with van der Waals surface area (Å²) in [5.41, 5.74) is 11.3. The first-order chi connectivity index (χ1) is 21.2. The Morgan fingerprint density at radius 1 is 1.13 bits per heavy atom. The molecule has 3 aromatic rings. The van der Waals surface area contributed by atoms with E-state index in [0.717, 1.165) is 60.8 Å². The smallest absolute Gasteiger partial charge is 0.267 e. The van der Waals surface area contributed by atoms with Crippen molar-refractivity contribution in [2.45, 2.75) is 91.3 Å². The summed E-state index contributed by atoms with van der Waals surface area (Å²) in [5.74, 6) is -0.398. The van der Waals surface area contributed by atoms with Crippen LogP contribution in [-0.4, -0.2) is 62.6 Å². The van der Waals surface area contributed by atoms with E-state index in [0.29, 0.717) is 36.2 Å². The zero-order valence-corrected chi connectivity index (χ0v) is 29.7. The van der Waals surface area contributed by atoms with Gasteiger partial charge in [-0.05, 0) is 62.3 Å². The maximum atomic E-state index is 14.0. The van der Waals surface area contributed by atoms with Gasteiger partial charge >= 0.3 is 0 Å². The number of anilines is 1. The zero-order valence-electron chi connectivity index (χ0n) is 27.9. The first kappa shape index (κ1) is 34.9. The Morgan fingerprint density at radius 3 is 2.40 bits per heavy atom. The van der Waals surface area contributed by atoms with Gasteiger partial charge in [0.05, 0.1) is 30.6 Å². The van der Waals surface area contributed by atoms with E-state index in [4.69, 9.17) is 15.6 Å². The Bertz CT molecular complexity index is 1450. The number of amides is 2. The molecule has 1 aliphatic carbocycles. The lowest BCUT2D eigenvalue weighted by Gasteiger charge is -2.32. The molecular weight excluding hydrogens is 605 g/mol. The van der Waals surface area contributed by atoms with Crippen molar-refractivity contribution in [1.29, 1.82) is 0 Å². The van der Waals surface area contributed by atoms with Crippen LogP contribution in [0, 0.1) is 25.7 Å². The maximum absolute atomic E-state index is 14.0. The molecule has 1 fully saturated rings. The Hall–Kier alpha value is -2.93. The molecule has 45 heavy (non-hydrogen) atoms. The van der Waals surface area contributed by atoms with Gasteiger partial charge < -0.3 is 20.3 Å². The van der Waals surface area contributed by atoms with E-state index in [1.807, 2.05) is 35.9 Å². The van der Waals surface area contributed by atoms with Crippen molar-refractivity contribution in [1.82, 2.24) is 19.6 Å². The second kappa shape index (κ2) is 15.1. The molecule has 2 heterocycles. The summed E-state index contributed by atoms with van der Waals surface area (Å²) >= 11 is -1.06. The lowest BCUT2D eigenvalue weighted by molar-refractivity contribution is -0.119. The number of aryl methyl sites for hydroxylation is 2. The third kappa shape index (κ3) is 9.08. The third-order valence-electron chi connectivity index (χ3n) is 8.87. The number of rotatable bonds is 14. The standard InChI is InChI=1S/C33H50N6O4SSi/c1-22-8-10-26(11-9-22)30(28-20-35-38(16-18-44(4)42)31(28)32(34)40)33(41)36-27-14-12-25(13-15-27)29-23(2)37-39(24(29)3)21-43-17-19-45(5,6)7/h12-15,20,22,26,30H,8-11,16-19,21H2,1-7H3,(H2,34,40)(H,36,41)/t22?,26?,30-,44?/m0/s1. The van der Waals surface area contributed by atoms with E-state index < -0.39 is 31.1 Å². The van der Waals surface area contributed by atoms with Crippen LogP contribution in [0.1, 0.15) is 66.0 Å². The molecule has 0 aliphatic heterocycles. The number of carbonyl (C=O) groups excluding carboxylic acids is 2. The van der Waals surface area contributed by atoms with Gasteiger partial charge in [-0.1, -0.05) is 62.7 Å². The molecule has 10 nitrogen and oxygen atoms in total. The molecule has 2 amide bonds. The number of hydrogen-bond acceptors (Lipinski definition) is 6. The van der Waals surface area contributed by atoms with E-state index in [2.05, 4.69) is 43.9 Å². The summed E-state index contributed by atoms with van der Waals surface area (Å²) in [6.07, 6.45) is 7.01. The lowest BCUT2D eigenvalue weighted by Crippen LogP contribution is -2.32. The quantitative estimate of drug-likeness (QED) is 0.130. The number of carbonyl (C=O) groups is 2. The van der Waals surface area contributed by atoms with Gasteiger partial charge in [0.25, 0.3) is 5.91 Å². The van der Waals surface area contributed by atoms with Gasteiger partial charge in [-0.25, -0.2) is 4.68 Å². The van der Waals surface area contributed by atoms with Gasteiger partial charge in [-0.2, -0.15) is 10.2 Å². The molecular formula is C33H50N6O4SSi. The highest BCUT2D eigenvalue weighted by Gasteiger charge is 2.36. The molecule has 4 rings (SSSR count). The molecule has 2 aromatic heterocycles. The molecule has 246 valence electrons. The molecule has 0 radical (unpaired) electrons. The highest BCUT2D eigenvalue weighted by molar-refractivity contribution is 7.90. The molecule has 1 saturated carbocycles. The Morgan fingerprint density at radius 2 is 1.80 bits per heavy atom. The number of aromatic nitrogens is 4. The average Bonchev–Trinajstić information content (AvgIpc) is 3.51. The van der Waals surface area contributed by atoms with Crippen LogP contribution in [0.4, 0.5) is 5.69 Å². The fourth-order valence-corrected chi connectivity index (χ4v) is 7.41. The Balaban J connectivity index is 1.54. The minimum absolute atomic E-state index is 0.0561. The van der Waals surface area contributed by atoms with Crippen molar-refractivity contribution >= 4 is 36.8 Å². The number of nitrogens with one attached hydrogen (secondary N) is 1. The van der Waals surface area contributed by atoms with E-state index >= 15 is 0 Å². The predicted molar refractivity (Wildman–Crippen MR) is 183 cm³/mol. The molecule has 0 bridgehead atoms. The van der Waals surface area contributed by atoms with Crippen LogP contribution in [0.25, 0.3) is 11.1 Å². The van der Waals surface area contributed by atoms with Crippen molar-refractivity contribution in [2.24, 2.45) is 17.6 Å². The number of nitrogens with two attached hydrogens (primary N) is 1. The lowest BCUT2D eigenvalue weighted by atomic mass is 9.73. The van der Waals surface area contributed by atoms with Crippen LogP contribution in [0.15, 0.2) is 30.5 Å². The minimum Gasteiger partial charge on any atom is -0.617 e. The van der Waals surface area contributed by atoms with Crippen LogP contribution >= 0.6 is 0 Å². The van der Waals surface area contributed by atoms with E-state index in [1.54, 1.807) is 12.5 Å². The topological polar surface area (TPSA) is 140 Å². The first-order valence-electron chi connectivity index (χ1n) is 15.9. The fourth-order valence-electron chi connectivity index (χ4n) is 6.22. The van der Waals surface area contributed by atoms with Crippen LogP contribution in [0.2, 0.25) is 25.7 Å². The summed E-state index contributed by atoms with van der Waals surface area (Å²) in [6.45, 7) is 14.8. The summed E-state index contributed by atoms with van der Waals surface area (Å²) in [7, 11) is -1.16. The third-order valence-corrected chi connectivity index (χ3v) is 11.3. The summed E-state index contributed by atoms with van der Waals surface area (Å²) < 4.78 is 21.1. The molecule has 1 aliphatic rings. The predicted octanol–water partition coefficient (Wildman–Crippen LogP) is 5.70.